The van der Waals surface area contributed by atoms with Gasteiger partial charge in [0.15, 0.2) is 6.29 Å². The third-order valence-corrected chi connectivity index (χ3v) is 3.08. The molecule has 0 amide bonds. The Hall–Kier alpha value is -0.340. The first-order valence-corrected chi connectivity index (χ1v) is 4.78. The number of allylic oxidation sites excluding steroid dienone is 1. The van der Waals surface area contributed by atoms with Crippen LogP contribution in [0.4, 0.5) is 0 Å². The van der Waals surface area contributed by atoms with Gasteiger partial charge in [0, 0.05) is 0 Å². The zero-order valence-corrected chi connectivity index (χ0v) is 9.47. The van der Waals surface area contributed by atoms with Crippen molar-refractivity contribution in [3.05, 3.63) is 11.6 Å². The monoisotopic (exact) mass is 184 g/mol. The van der Waals surface area contributed by atoms with Crippen LogP contribution in [0, 0.1) is 0 Å². The Balaban J connectivity index is 2.82. The maximum Gasteiger partial charge on any atom is 0.181 e. The molecule has 0 aromatic rings. The maximum absolute atomic E-state index is 5.83. The van der Waals surface area contributed by atoms with E-state index in [1.54, 1.807) is 0 Å². The summed E-state index contributed by atoms with van der Waals surface area (Å²) in [5.74, 6) is 0. The lowest BCUT2D eigenvalue weighted by atomic mass is 9.90. The fourth-order valence-corrected chi connectivity index (χ4v) is 1.17. The molecule has 1 saturated heterocycles. The molecule has 1 aliphatic rings. The summed E-state index contributed by atoms with van der Waals surface area (Å²) in [5.41, 5.74) is 0.697. The van der Waals surface area contributed by atoms with Crippen molar-refractivity contribution in [2.24, 2.45) is 0 Å². The van der Waals surface area contributed by atoms with Crippen molar-refractivity contribution in [3.8, 4) is 0 Å². The summed E-state index contributed by atoms with van der Waals surface area (Å²) in [6.07, 6.45) is 1.86. The van der Waals surface area contributed by atoms with E-state index < -0.39 is 0 Å². The zero-order valence-electron chi connectivity index (χ0n) is 9.47. The smallest absolute Gasteiger partial charge is 0.181 e. The number of rotatable bonds is 1. The van der Waals surface area contributed by atoms with E-state index in [0.717, 1.165) is 5.57 Å². The maximum atomic E-state index is 5.83. The van der Waals surface area contributed by atoms with Crippen LogP contribution in [-0.4, -0.2) is 17.5 Å². The van der Waals surface area contributed by atoms with Crippen LogP contribution in [0.15, 0.2) is 11.6 Å². The fourth-order valence-electron chi connectivity index (χ4n) is 1.17. The minimum Gasteiger partial charge on any atom is -0.340 e. The Morgan fingerprint density at radius 2 is 1.46 bits per heavy atom. The van der Waals surface area contributed by atoms with Gasteiger partial charge < -0.3 is 9.47 Å². The summed E-state index contributed by atoms with van der Waals surface area (Å²) < 4.78 is 11.7. The first kappa shape index (κ1) is 10.7. The van der Waals surface area contributed by atoms with Crippen LogP contribution in [0.25, 0.3) is 0 Å². The molecule has 0 unspecified atom stereocenters. The molecule has 1 heterocycles. The Bertz CT molecular complexity index is 210. The van der Waals surface area contributed by atoms with Crippen LogP contribution in [0.1, 0.15) is 41.5 Å². The lowest BCUT2D eigenvalue weighted by Gasteiger charge is -2.30. The Morgan fingerprint density at radius 3 is 1.77 bits per heavy atom. The average Bonchev–Trinajstić information content (AvgIpc) is 2.20. The van der Waals surface area contributed by atoms with E-state index in [2.05, 4.69) is 27.7 Å². The van der Waals surface area contributed by atoms with Gasteiger partial charge in [0.05, 0.1) is 11.2 Å². The summed E-state index contributed by atoms with van der Waals surface area (Å²) in [6, 6.07) is 0. The van der Waals surface area contributed by atoms with E-state index in [-0.39, 0.29) is 17.5 Å². The predicted molar refractivity (Wildman–Crippen MR) is 53.5 cm³/mol. The average molecular weight is 184 g/mol. The third kappa shape index (κ3) is 1.79. The summed E-state index contributed by atoms with van der Waals surface area (Å²) in [7, 11) is 0. The summed E-state index contributed by atoms with van der Waals surface area (Å²) in [6.45, 7) is 12.3. The van der Waals surface area contributed by atoms with E-state index in [1.807, 2.05) is 19.9 Å². The molecule has 0 radical (unpaired) electrons. The largest absolute Gasteiger partial charge is 0.340 e. The van der Waals surface area contributed by atoms with Crippen LogP contribution in [0.3, 0.4) is 0 Å². The zero-order chi connectivity index (χ0) is 10.3. The van der Waals surface area contributed by atoms with Crippen molar-refractivity contribution in [3.63, 3.8) is 0 Å². The van der Waals surface area contributed by atoms with E-state index in [4.69, 9.17) is 9.47 Å². The molecule has 0 bridgehead atoms. The molecule has 76 valence electrons. The molecule has 0 atom stereocenters. The number of hydrogen-bond acceptors (Lipinski definition) is 2. The Labute approximate surface area is 80.9 Å². The first-order chi connectivity index (χ1) is 5.80. The van der Waals surface area contributed by atoms with Gasteiger partial charge in [-0.15, -0.1) is 0 Å². The lowest BCUT2D eigenvalue weighted by Crippen LogP contribution is -2.41. The highest BCUT2D eigenvalue weighted by molar-refractivity contribution is 5.06. The van der Waals surface area contributed by atoms with Crippen LogP contribution in [0.5, 0.6) is 0 Å². The fraction of sp³-hybridized carbons (Fsp3) is 0.818. The van der Waals surface area contributed by atoms with Gasteiger partial charge in [0.25, 0.3) is 0 Å². The molecule has 1 rings (SSSR count). The molecule has 13 heavy (non-hydrogen) atoms. The van der Waals surface area contributed by atoms with Crippen molar-refractivity contribution >= 4 is 0 Å². The highest BCUT2D eigenvalue weighted by Crippen LogP contribution is 2.40. The molecule has 2 heteroatoms. The minimum atomic E-state index is -0.220. The molecule has 0 N–H and O–H groups in total. The summed E-state index contributed by atoms with van der Waals surface area (Å²) >= 11 is 0. The van der Waals surface area contributed by atoms with Gasteiger partial charge in [-0.25, -0.2) is 0 Å². The first-order valence-electron chi connectivity index (χ1n) is 4.78. The van der Waals surface area contributed by atoms with Gasteiger partial charge >= 0.3 is 0 Å². The molecule has 0 aromatic heterocycles. The van der Waals surface area contributed by atoms with Crippen molar-refractivity contribution in [1.29, 1.82) is 0 Å². The van der Waals surface area contributed by atoms with Crippen LogP contribution in [-0.2, 0) is 9.47 Å². The standard InChI is InChI=1S/C11H20O2/c1-7-8(2)9-12-10(3,4)11(5,6)13-9/h7,9H,1-6H3/b8-7-. The van der Waals surface area contributed by atoms with Gasteiger partial charge in [-0.2, -0.15) is 0 Å². The van der Waals surface area contributed by atoms with E-state index >= 15 is 0 Å². The van der Waals surface area contributed by atoms with Gasteiger partial charge in [0.1, 0.15) is 0 Å². The molecule has 0 aromatic carbocycles. The molecule has 0 saturated carbocycles. The number of hydrogen-bond donors (Lipinski definition) is 0. The summed E-state index contributed by atoms with van der Waals surface area (Å²) in [5, 5.41) is 0. The molecule has 1 fully saturated rings. The van der Waals surface area contributed by atoms with Crippen LogP contribution >= 0.6 is 0 Å². The lowest BCUT2D eigenvalue weighted by molar-refractivity contribution is -0.0588. The summed E-state index contributed by atoms with van der Waals surface area (Å²) in [4.78, 5) is 0. The molecular formula is C11H20O2. The van der Waals surface area contributed by atoms with Crippen LogP contribution in [0.2, 0.25) is 0 Å². The molecular weight excluding hydrogens is 164 g/mol. The second-order valence-electron chi connectivity index (χ2n) is 4.62. The van der Waals surface area contributed by atoms with Crippen molar-refractivity contribution in [1.82, 2.24) is 0 Å². The normalized spacial score (nSPS) is 28.0. The number of ether oxygens (including phenoxy) is 2. The predicted octanol–water partition coefficient (Wildman–Crippen LogP) is 2.88. The second-order valence-corrected chi connectivity index (χ2v) is 4.62. The van der Waals surface area contributed by atoms with Gasteiger partial charge in [-0.3, -0.25) is 0 Å². The Morgan fingerprint density at radius 1 is 1.08 bits per heavy atom. The topological polar surface area (TPSA) is 18.5 Å². The molecule has 1 aliphatic heterocycles. The third-order valence-electron chi connectivity index (χ3n) is 3.08. The quantitative estimate of drug-likeness (QED) is 0.583. The second kappa shape index (κ2) is 3.10. The van der Waals surface area contributed by atoms with Crippen molar-refractivity contribution < 1.29 is 9.47 Å². The highest BCUT2D eigenvalue weighted by atomic mass is 16.7. The van der Waals surface area contributed by atoms with Crippen LogP contribution < -0.4 is 0 Å². The van der Waals surface area contributed by atoms with E-state index in [9.17, 15) is 0 Å². The Kier molecular flexibility index (Phi) is 2.56. The van der Waals surface area contributed by atoms with Gasteiger partial charge in [0.2, 0.25) is 0 Å². The molecule has 0 spiro atoms. The molecule has 2 nitrogen and oxygen atoms in total. The highest BCUT2D eigenvalue weighted by Gasteiger charge is 2.49. The molecule has 0 aliphatic carbocycles. The van der Waals surface area contributed by atoms with Crippen molar-refractivity contribution in [2.45, 2.75) is 59.0 Å². The van der Waals surface area contributed by atoms with Gasteiger partial charge in [-0.1, -0.05) is 6.08 Å². The van der Waals surface area contributed by atoms with Crippen molar-refractivity contribution in [2.75, 3.05) is 0 Å². The van der Waals surface area contributed by atoms with E-state index in [0.29, 0.717) is 0 Å². The SMILES string of the molecule is C/C=C(/C)C1OC(C)(C)C(C)(C)O1. The van der Waals surface area contributed by atoms with E-state index in [1.165, 1.54) is 0 Å². The minimum absolute atomic E-state index is 0.171. The van der Waals surface area contributed by atoms with Gasteiger partial charge in [-0.05, 0) is 47.1 Å².